The second-order valence-corrected chi connectivity index (χ2v) is 8.48. The zero-order valence-electron chi connectivity index (χ0n) is 16.3. The van der Waals surface area contributed by atoms with E-state index in [4.69, 9.17) is 4.74 Å². The molecule has 3 N–H and O–H groups in total. The van der Waals surface area contributed by atoms with E-state index in [-0.39, 0.29) is 11.4 Å². The molecule has 0 bridgehead atoms. The van der Waals surface area contributed by atoms with Crippen molar-refractivity contribution in [3.8, 4) is 0 Å². The zero-order valence-corrected chi connectivity index (χ0v) is 17.1. The maximum absolute atomic E-state index is 12.2. The highest BCUT2D eigenvalue weighted by atomic mass is 32.2. The number of ether oxygens (including phenoxy) is 1. The Kier molecular flexibility index (Phi) is 9.03. The highest BCUT2D eigenvalue weighted by molar-refractivity contribution is 7.89. The third-order valence-corrected chi connectivity index (χ3v) is 6.02. The summed E-state index contributed by atoms with van der Waals surface area (Å²) in [7, 11) is -1.96. The molecule has 0 aromatic heterocycles. The Balaban J connectivity index is 1.95. The van der Waals surface area contributed by atoms with Crippen LogP contribution in [-0.2, 0) is 21.3 Å². The lowest BCUT2D eigenvalue weighted by Crippen LogP contribution is -2.44. The van der Waals surface area contributed by atoms with Crippen LogP contribution in [0.5, 0.6) is 0 Å². The molecular formula is C19H32N4O3S. The number of nitrogens with zero attached hydrogens (tertiary/aromatic N) is 1. The van der Waals surface area contributed by atoms with E-state index in [1.165, 1.54) is 39.2 Å². The van der Waals surface area contributed by atoms with Crippen LogP contribution in [0.4, 0.5) is 0 Å². The molecule has 0 spiro atoms. The lowest BCUT2D eigenvalue weighted by molar-refractivity contribution is 0.204. The van der Waals surface area contributed by atoms with Crippen molar-refractivity contribution in [2.24, 2.45) is 4.99 Å². The molecule has 0 amide bonds. The van der Waals surface area contributed by atoms with Crippen LogP contribution in [0.2, 0.25) is 0 Å². The highest BCUT2D eigenvalue weighted by Gasteiger charge is 2.15. The monoisotopic (exact) mass is 396 g/mol. The van der Waals surface area contributed by atoms with Gasteiger partial charge in [0.15, 0.2) is 5.96 Å². The van der Waals surface area contributed by atoms with Gasteiger partial charge in [0.2, 0.25) is 10.0 Å². The normalized spacial score (nSPS) is 16.3. The maximum atomic E-state index is 12.2. The first-order valence-electron chi connectivity index (χ1n) is 9.67. The van der Waals surface area contributed by atoms with E-state index < -0.39 is 10.0 Å². The largest absolute Gasteiger partial charge is 0.383 e. The van der Waals surface area contributed by atoms with Crippen LogP contribution in [0.25, 0.3) is 0 Å². The Bertz CT molecular complexity index is 683. The predicted octanol–water partition coefficient (Wildman–Crippen LogP) is 2.00. The fraction of sp³-hybridized carbons (Fsp3) is 0.632. The van der Waals surface area contributed by atoms with Crippen molar-refractivity contribution < 1.29 is 13.2 Å². The second kappa shape index (κ2) is 11.3. The summed E-state index contributed by atoms with van der Waals surface area (Å²) in [6.07, 6.45) is 6.23. The van der Waals surface area contributed by atoms with E-state index in [0.29, 0.717) is 19.2 Å². The maximum Gasteiger partial charge on any atom is 0.240 e. The average Bonchev–Trinajstić information content (AvgIpc) is 2.67. The molecular weight excluding hydrogens is 364 g/mol. The number of rotatable bonds is 9. The van der Waals surface area contributed by atoms with Crippen LogP contribution in [0.15, 0.2) is 34.2 Å². The number of aliphatic imine (C=N–C) groups is 1. The van der Waals surface area contributed by atoms with Gasteiger partial charge in [0, 0.05) is 26.2 Å². The van der Waals surface area contributed by atoms with Gasteiger partial charge < -0.3 is 15.4 Å². The van der Waals surface area contributed by atoms with Gasteiger partial charge in [0.25, 0.3) is 0 Å². The lowest BCUT2D eigenvalue weighted by Gasteiger charge is -2.24. The van der Waals surface area contributed by atoms with Crippen LogP contribution in [0.1, 0.15) is 44.6 Å². The summed E-state index contributed by atoms with van der Waals surface area (Å²) in [4.78, 5) is 4.89. The third-order valence-electron chi connectivity index (χ3n) is 4.54. The van der Waals surface area contributed by atoms with Gasteiger partial charge in [-0.05, 0) is 37.5 Å². The molecule has 7 nitrogen and oxygen atoms in total. The molecule has 0 saturated heterocycles. The zero-order chi connectivity index (χ0) is 19.5. The Morgan fingerprint density at radius 1 is 1.19 bits per heavy atom. The van der Waals surface area contributed by atoms with Crippen molar-refractivity contribution in [1.82, 2.24) is 15.4 Å². The highest BCUT2D eigenvalue weighted by Crippen LogP contribution is 2.17. The van der Waals surface area contributed by atoms with Gasteiger partial charge in [-0.2, -0.15) is 0 Å². The molecule has 1 aromatic carbocycles. The van der Waals surface area contributed by atoms with Crippen molar-refractivity contribution >= 4 is 16.0 Å². The van der Waals surface area contributed by atoms with Crippen molar-refractivity contribution in [2.45, 2.75) is 56.5 Å². The fourth-order valence-corrected chi connectivity index (χ4v) is 4.08. The molecule has 1 aromatic rings. The minimum Gasteiger partial charge on any atom is -0.383 e. The minimum absolute atomic E-state index is 0.249. The van der Waals surface area contributed by atoms with E-state index >= 15 is 0 Å². The van der Waals surface area contributed by atoms with Crippen LogP contribution < -0.4 is 15.4 Å². The van der Waals surface area contributed by atoms with Crippen LogP contribution >= 0.6 is 0 Å². The fourth-order valence-electron chi connectivity index (χ4n) is 3.07. The van der Waals surface area contributed by atoms with Crippen molar-refractivity contribution in [1.29, 1.82) is 0 Å². The Morgan fingerprint density at radius 3 is 2.52 bits per heavy atom. The molecule has 0 atom stereocenters. The molecule has 8 heteroatoms. The summed E-state index contributed by atoms with van der Waals surface area (Å²) in [5, 5.41) is 6.80. The first-order chi connectivity index (χ1) is 13.0. The van der Waals surface area contributed by atoms with E-state index in [2.05, 4.69) is 20.3 Å². The molecule has 1 fully saturated rings. The van der Waals surface area contributed by atoms with Gasteiger partial charge in [-0.15, -0.1) is 0 Å². The Hall–Kier alpha value is -1.64. The van der Waals surface area contributed by atoms with Gasteiger partial charge in [-0.1, -0.05) is 31.4 Å². The number of benzene rings is 1. The number of hydrogen-bond acceptors (Lipinski definition) is 4. The SMILES string of the molecule is CCNC(=NCc1ccc(S(=O)(=O)NCCOC)cc1)NC1CCCCC1. The average molecular weight is 397 g/mol. The minimum atomic E-state index is -3.50. The van der Waals surface area contributed by atoms with Gasteiger partial charge in [0.05, 0.1) is 18.0 Å². The third kappa shape index (κ3) is 7.48. The second-order valence-electron chi connectivity index (χ2n) is 6.71. The number of sulfonamides is 1. The Labute approximate surface area is 163 Å². The molecule has 0 unspecified atom stereocenters. The number of nitrogens with one attached hydrogen (secondary N) is 3. The van der Waals surface area contributed by atoms with Crippen LogP contribution in [0.3, 0.4) is 0 Å². The summed E-state index contributed by atoms with van der Waals surface area (Å²) in [6.45, 7) is 3.95. The summed E-state index contributed by atoms with van der Waals surface area (Å²) < 4.78 is 31.7. The Morgan fingerprint density at radius 2 is 1.89 bits per heavy atom. The molecule has 27 heavy (non-hydrogen) atoms. The van der Waals surface area contributed by atoms with Gasteiger partial charge in [-0.3, -0.25) is 0 Å². The summed E-state index contributed by atoms with van der Waals surface area (Å²) in [6, 6.07) is 7.32. The lowest BCUT2D eigenvalue weighted by atomic mass is 9.96. The van der Waals surface area contributed by atoms with Crippen molar-refractivity contribution in [3.63, 3.8) is 0 Å². The van der Waals surface area contributed by atoms with E-state index in [0.717, 1.165) is 18.1 Å². The summed E-state index contributed by atoms with van der Waals surface area (Å²) in [5.74, 6) is 0.822. The van der Waals surface area contributed by atoms with Crippen LogP contribution in [0, 0.1) is 0 Å². The van der Waals surface area contributed by atoms with Gasteiger partial charge >= 0.3 is 0 Å². The number of guanidine groups is 1. The topological polar surface area (TPSA) is 91.8 Å². The smallest absolute Gasteiger partial charge is 0.240 e. The quantitative estimate of drug-likeness (QED) is 0.337. The molecule has 0 radical (unpaired) electrons. The number of hydrogen-bond donors (Lipinski definition) is 3. The molecule has 0 heterocycles. The van der Waals surface area contributed by atoms with Crippen molar-refractivity contribution in [3.05, 3.63) is 29.8 Å². The van der Waals surface area contributed by atoms with E-state index in [9.17, 15) is 8.42 Å². The van der Waals surface area contributed by atoms with Gasteiger partial charge in [0.1, 0.15) is 0 Å². The molecule has 152 valence electrons. The van der Waals surface area contributed by atoms with E-state index in [1.807, 2.05) is 6.92 Å². The molecule has 1 aliphatic rings. The summed E-state index contributed by atoms with van der Waals surface area (Å²) >= 11 is 0. The molecule has 0 aliphatic heterocycles. The number of methoxy groups -OCH3 is 1. The van der Waals surface area contributed by atoms with E-state index in [1.54, 1.807) is 24.3 Å². The first kappa shape index (κ1) is 21.7. The molecule has 2 rings (SSSR count). The molecule has 1 aliphatic carbocycles. The standard InChI is InChI=1S/C19H32N4O3S/c1-3-20-19(23-17-7-5-4-6-8-17)21-15-16-9-11-18(12-10-16)27(24,25)22-13-14-26-2/h9-12,17,22H,3-8,13-15H2,1-2H3,(H2,20,21,23). The van der Waals surface area contributed by atoms with Gasteiger partial charge in [-0.25, -0.2) is 18.1 Å². The van der Waals surface area contributed by atoms with Crippen LogP contribution in [-0.4, -0.2) is 47.2 Å². The molecule has 1 saturated carbocycles. The first-order valence-corrected chi connectivity index (χ1v) is 11.2. The predicted molar refractivity (Wildman–Crippen MR) is 108 cm³/mol. The summed E-state index contributed by atoms with van der Waals surface area (Å²) in [5.41, 5.74) is 0.965. The van der Waals surface area contributed by atoms with Crippen molar-refractivity contribution in [2.75, 3.05) is 26.8 Å².